The minimum atomic E-state index is 0.00735. The van der Waals surface area contributed by atoms with Crippen LogP contribution in [0.1, 0.15) is 68.2 Å². The first kappa shape index (κ1) is 23.9. The van der Waals surface area contributed by atoms with Gasteiger partial charge in [0, 0.05) is 43.3 Å². The van der Waals surface area contributed by atoms with E-state index in [0.29, 0.717) is 18.5 Å². The van der Waals surface area contributed by atoms with E-state index in [0.717, 1.165) is 51.1 Å². The number of anilines is 1. The lowest BCUT2D eigenvalue weighted by Crippen LogP contribution is -2.50. The monoisotopic (exact) mass is 489 g/mol. The summed E-state index contributed by atoms with van der Waals surface area (Å²) in [6.45, 7) is 5.42. The van der Waals surface area contributed by atoms with Crippen molar-refractivity contribution in [2.45, 2.75) is 82.0 Å². The van der Waals surface area contributed by atoms with Gasteiger partial charge in [0.15, 0.2) is 0 Å². The zero-order valence-electron chi connectivity index (χ0n) is 21.7. The van der Waals surface area contributed by atoms with Gasteiger partial charge in [-0.1, -0.05) is 30.3 Å². The van der Waals surface area contributed by atoms with E-state index >= 15 is 0 Å². The lowest BCUT2D eigenvalue weighted by atomic mass is 9.74. The highest BCUT2D eigenvalue weighted by Gasteiger charge is 2.43. The second kappa shape index (κ2) is 9.75. The van der Waals surface area contributed by atoms with E-state index in [-0.39, 0.29) is 29.4 Å². The number of likely N-dealkylation sites (N-methyl/N-ethyl adjacent to an activating group) is 1. The molecule has 7 nitrogen and oxygen atoms in total. The minimum Gasteiger partial charge on any atom is -0.375 e. The molecule has 1 aliphatic carbocycles. The molecule has 1 amide bonds. The first-order valence-electron chi connectivity index (χ1n) is 13.8. The average Bonchev–Trinajstić information content (AvgIpc) is 2.88. The molecule has 6 rings (SSSR count). The molecular formula is C29H39N5O2. The van der Waals surface area contributed by atoms with E-state index < -0.39 is 0 Å². The van der Waals surface area contributed by atoms with Gasteiger partial charge in [-0.25, -0.2) is 9.97 Å². The van der Waals surface area contributed by atoms with Crippen molar-refractivity contribution >= 4 is 11.9 Å². The maximum absolute atomic E-state index is 14.0. The van der Waals surface area contributed by atoms with Crippen molar-refractivity contribution in [2.75, 3.05) is 32.1 Å². The highest BCUT2D eigenvalue weighted by Crippen LogP contribution is 2.43. The molecule has 3 fully saturated rings. The molecule has 0 unspecified atom stereocenters. The molecule has 1 aromatic heterocycles. The SMILES string of the molecule is C[C@@H]1Cc2cnc(N[C@H]3CCOC4(CCC4)C3)nc2CN1C(=O)[C@H]1CCN(C)C[C@@H]1c1ccccc1. The maximum atomic E-state index is 14.0. The molecule has 2 saturated heterocycles. The molecule has 1 spiro atoms. The van der Waals surface area contributed by atoms with Crippen LogP contribution < -0.4 is 5.32 Å². The smallest absolute Gasteiger partial charge is 0.227 e. The Morgan fingerprint density at radius 1 is 1.19 bits per heavy atom. The van der Waals surface area contributed by atoms with Crippen molar-refractivity contribution in [3.63, 3.8) is 0 Å². The summed E-state index contributed by atoms with van der Waals surface area (Å²) < 4.78 is 6.09. The van der Waals surface area contributed by atoms with Crippen LogP contribution in [-0.4, -0.2) is 70.1 Å². The summed E-state index contributed by atoms with van der Waals surface area (Å²) in [4.78, 5) is 28.0. The van der Waals surface area contributed by atoms with E-state index in [4.69, 9.17) is 9.72 Å². The third-order valence-corrected chi connectivity index (χ3v) is 9.06. The first-order valence-corrected chi connectivity index (χ1v) is 13.8. The van der Waals surface area contributed by atoms with Crippen LogP contribution in [0.3, 0.4) is 0 Å². The predicted molar refractivity (Wildman–Crippen MR) is 140 cm³/mol. The normalized spacial score (nSPS) is 29.9. The number of piperidine rings is 1. The fraction of sp³-hybridized carbons (Fsp3) is 0.621. The number of carbonyl (C=O) groups is 1. The van der Waals surface area contributed by atoms with Crippen LogP contribution in [-0.2, 0) is 22.5 Å². The molecule has 192 valence electrons. The van der Waals surface area contributed by atoms with Crippen molar-refractivity contribution in [3.05, 3.63) is 53.3 Å². The van der Waals surface area contributed by atoms with Gasteiger partial charge in [-0.15, -0.1) is 0 Å². The predicted octanol–water partition coefficient (Wildman–Crippen LogP) is 4.00. The van der Waals surface area contributed by atoms with Crippen LogP contribution >= 0.6 is 0 Å². The number of hydrogen-bond donors (Lipinski definition) is 1. The summed E-state index contributed by atoms with van der Waals surface area (Å²) >= 11 is 0. The number of rotatable bonds is 4. The highest BCUT2D eigenvalue weighted by molar-refractivity contribution is 5.80. The molecule has 0 radical (unpaired) electrons. The van der Waals surface area contributed by atoms with Gasteiger partial charge >= 0.3 is 0 Å². The molecule has 3 aliphatic heterocycles. The van der Waals surface area contributed by atoms with Gasteiger partial charge in [-0.2, -0.15) is 0 Å². The van der Waals surface area contributed by atoms with Crippen molar-refractivity contribution in [1.82, 2.24) is 19.8 Å². The second-order valence-corrected chi connectivity index (χ2v) is 11.6. The number of ether oxygens (including phenoxy) is 1. The van der Waals surface area contributed by atoms with Gasteiger partial charge in [-0.05, 0) is 76.6 Å². The van der Waals surface area contributed by atoms with Crippen LogP contribution in [0.5, 0.6) is 0 Å². The molecule has 2 aromatic rings. The van der Waals surface area contributed by atoms with Gasteiger partial charge in [-0.3, -0.25) is 4.79 Å². The number of hydrogen-bond acceptors (Lipinski definition) is 6. The molecule has 4 heterocycles. The number of carbonyl (C=O) groups excluding carboxylic acids is 1. The number of fused-ring (bicyclic) bond motifs is 1. The zero-order valence-corrected chi connectivity index (χ0v) is 21.7. The zero-order chi connectivity index (χ0) is 24.7. The third kappa shape index (κ3) is 4.63. The molecule has 1 N–H and O–H groups in total. The molecule has 7 heteroatoms. The largest absolute Gasteiger partial charge is 0.375 e. The lowest BCUT2D eigenvalue weighted by molar-refractivity contribution is -0.141. The summed E-state index contributed by atoms with van der Waals surface area (Å²) in [5.74, 6) is 1.20. The van der Waals surface area contributed by atoms with Gasteiger partial charge in [0.1, 0.15) is 0 Å². The highest BCUT2D eigenvalue weighted by atomic mass is 16.5. The van der Waals surface area contributed by atoms with Gasteiger partial charge in [0.2, 0.25) is 11.9 Å². The fourth-order valence-corrected chi connectivity index (χ4v) is 6.77. The number of amides is 1. The van der Waals surface area contributed by atoms with Crippen LogP contribution in [0.25, 0.3) is 0 Å². The Bertz CT molecular complexity index is 1090. The van der Waals surface area contributed by atoms with E-state index in [1.165, 1.54) is 30.4 Å². The molecule has 0 bridgehead atoms. The minimum absolute atomic E-state index is 0.00735. The lowest BCUT2D eigenvalue weighted by Gasteiger charge is -2.47. The Hall–Kier alpha value is -2.51. The molecular weight excluding hydrogens is 450 g/mol. The number of likely N-dealkylation sites (tertiary alicyclic amines) is 1. The summed E-state index contributed by atoms with van der Waals surface area (Å²) in [6.07, 6.45) is 9.32. The number of nitrogens with zero attached hydrogens (tertiary/aromatic N) is 4. The van der Waals surface area contributed by atoms with E-state index in [1.54, 1.807) is 0 Å². The molecule has 1 saturated carbocycles. The summed E-state index contributed by atoms with van der Waals surface area (Å²) in [7, 11) is 2.16. The van der Waals surface area contributed by atoms with E-state index in [2.05, 4.69) is 58.3 Å². The summed E-state index contributed by atoms with van der Waals surface area (Å²) in [6, 6.07) is 11.1. The maximum Gasteiger partial charge on any atom is 0.227 e. The second-order valence-electron chi connectivity index (χ2n) is 11.6. The topological polar surface area (TPSA) is 70.6 Å². The van der Waals surface area contributed by atoms with E-state index in [9.17, 15) is 4.79 Å². The molecule has 36 heavy (non-hydrogen) atoms. The quantitative estimate of drug-likeness (QED) is 0.700. The number of benzene rings is 1. The summed E-state index contributed by atoms with van der Waals surface area (Å²) in [5.41, 5.74) is 3.52. The number of aromatic nitrogens is 2. The average molecular weight is 490 g/mol. The summed E-state index contributed by atoms with van der Waals surface area (Å²) in [5, 5.41) is 3.60. The first-order chi connectivity index (χ1) is 17.5. The number of nitrogens with one attached hydrogen (secondary N) is 1. The van der Waals surface area contributed by atoms with Crippen LogP contribution in [0.2, 0.25) is 0 Å². The Morgan fingerprint density at radius 3 is 2.81 bits per heavy atom. The van der Waals surface area contributed by atoms with Crippen molar-refractivity contribution in [3.8, 4) is 0 Å². The van der Waals surface area contributed by atoms with Gasteiger partial charge < -0.3 is 19.9 Å². The van der Waals surface area contributed by atoms with Crippen LogP contribution in [0, 0.1) is 5.92 Å². The molecule has 1 aromatic carbocycles. The van der Waals surface area contributed by atoms with Crippen LogP contribution in [0.4, 0.5) is 5.95 Å². The van der Waals surface area contributed by atoms with E-state index in [1.807, 2.05) is 12.3 Å². The van der Waals surface area contributed by atoms with Gasteiger partial charge in [0.05, 0.1) is 17.8 Å². The Kier molecular flexibility index (Phi) is 6.46. The standard InChI is InChI=1S/C29H39N5O2/c1-20-15-22-17-30-28(31-23-10-14-36-29(16-23)11-6-12-29)32-26(22)19-34(20)27(35)24-9-13-33(2)18-25(24)21-7-4-3-5-8-21/h3-5,7-8,17,20,23-25H,6,9-16,18-19H2,1-2H3,(H,30,31,32)/t20-,23+,24+,25-/m1/s1. The fourth-order valence-electron chi connectivity index (χ4n) is 6.77. The Morgan fingerprint density at radius 2 is 2.03 bits per heavy atom. The van der Waals surface area contributed by atoms with Crippen molar-refractivity contribution in [1.29, 1.82) is 0 Å². The van der Waals surface area contributed by atoms with Crippen molar-refractivity contribution < 1.29 is 9.53 Å². The Balaban J connectivity index is 1.18. The Labute approximate surface area is 214 Å². The molecule has 4 atom stereocenters. The molecule has 4 aliphatic rings. The third-order valence-electron chi connectivity index (χ3n) is 9.06. The van der Waals surface area contributed by atoms with Gasteiger partial charge in [0.25, 0.3) is 0 Å². The van der Waals surface area contributed by atoms with Crippen molar-refractivity contribution in [2.24, 2.45) is 5.92 Å². The van der Waals surface area contributed by atoms with Crippen LogP contribution in [0.15, 0.2) is 36.5 Å².